The van der Waals surface area contributed by atoms with Gasteiger partial charge in [-0.3, -0.25) is 4.98 Å². The SMILES string of the molecule is NC(c1[nH]c2c(c1C(=O)O)CCc1cnc(-c3ccc(F)nc3)cc1-2)C1CCC1. The molecule has 0 amide bonds. The van der Waals surface area contributed by atoms with E-state index in [2.05, 4.69) is 15.0 Å². The van der Waals surface area contributed by atoms with Crippen molar-refractivity contribution in [1.82, 2.24) is 15.0 Å². The van der Waals surface area contributed by atoms with Crippen molar-refractivity contribution in [1.29, 1.82) is 0 Å². The van der Waals surface area contributed by atoms with E-state index in [1.54, 1.807) is 6.07 Å². The lowest BCUT2D eigenvalue weighted by Gasteiger charge is -2.31. The second-order valence-electron chi connectivity index (χ2n) is 7.89. The molecule has 0 radical (unpaired) electrons. The third kappa shape index (κ3) is 2.93. The highest BCUT2D eigenvalue weighted by molar-refractivity contribution is 5.95. The Balaban J connectivity index is 1.63. The zero-order valence-corrected chi connectivity index (χ0v) is 15.8. The molecule has 2 aliphatic rings. The van der Waals surface area contributed by atoms with E-state index in [9.17, 15) is 14.3 Å². The van der Waals surface area contributed by atoms with Crippen LogP contribution in [0.15, 0.2) is 30.6 Å². The summed E-state index contributed by atoms with van der Waals surface area (Å²) in [6.45, 7) is 0. The zero-order valence-electron chi connectivity index (χ0n) is 15.8. The number of pyridine rings is 2. The number of hydrogen-bond donors (Lipinski definition) is 3. The van der Waals surface area contributed by atoms with Crippen molar-refractivity contribution in [3.05, 3.63) is 58.9 Å². The number of carboxylic acid groups (broad SMARTS) is 1. The van der Waals surface area contributed by atoms with Gasteiger partial charge in [0.2, 0.25) is 5.95 Å². The summed E-state index contributed by atoms with van der Waals surface area (Å²) in [5.74, 6) is -1.15. The summed E-state index contributed by atoms with van der Waals surface area (Å²) in [5.41, 5.74) is 12.4. The smallest absolute Gasteiger partial charge is 0.337 e. The number of nitrogens with zero attached hydrogens (tertiary/aromatic N) is 2. The Labute approximate surface area is 167 Å². The number of halogens is 1. The molecule has 3 aromatic heterocycles. The van der Waals surface area contributed by atoms with Crippen molar-refractivity contribution in [2.45, 2.75) is 38.1 Å². The molecule has 4 N–H and O–H groups in total. The molecule has 3 aromatic rings. The van der Waals surface area contributed by atoms with Gasteiger partial charge in [-0.05, 0) is 60.9 Å². The number of nitrogens with two attached hydrogens (primary N) is 1. The number of rotatable bonds is 4. The third-order valence-electron chi connectivity index (χ3n) is 6.26. The summed E-state index contributed by atoms with van der Waals surface area (Å²) >= 11 is 0. The minimum Gasteiger partial charge on any atom is -0.478 e. The molecule has 0 aromatic carbocycles. The average Bonchev–Trinajstić information content (AvgIpc) is 3.07. The van der Waals surface area contributed by atoms with Crippen LogP contribution in [-0.2, 0) is 12.8 Å². The van der Waals surface area contributed by atoms with E-state index < -0.39 is 11.9 Å². The van der Waals surface area contributed by atoms with Gasteiger partial charge in [0.05, 0.1) is 17.0 Å². The van der Waals surface area contributed by atoms with E-state index in [1.807, 2.05) is 12.3 Å². The minimum absolute atomic E-state index is 0.300. The van der Waals surface area contributed by atoms with Gasteiger partial charge in [-0.1, -0.05) is 6.42 Å². The van der Waals surface area contributed by atoms with Crippen LogP contribution in [0.25, 0.3) is 22.5 Å². The van der Waals surface area contributed by atoms with Crippen molar-refractivity contribution in [3.8, 4) is 22.5 Å². The lowest BCUT2D eigenvalue weighted by molar-refractivity contribution is 0.0693. The first-order valence-corrected chi connectivity index (χ1v) is 9.87. The lowest BCUT2D eigenvalue weighted by atomic mass is 9.78. The molecule has 3 heterocycles. The molecule has 1 fully saturated rings. The predicted octanol–water partition coefficient (Wildman–Crippen LogP) is 3.87. The van der Waals surface area contributed by atoms with Crippen molar-refractivity contribution >= 4 is 5.97 Å². The fourth-order valence-corrected chi connectivity index (χ4v) is 4.43. The summed E-state index contributed by atoms with van der Waals surface area (Å²) in [7, 11) is 0. The standard InChI is InChI=1S/C22H21FN4O2/c23-17-7-5-13(10-26-17)16-8-15-12(9-25-16)4-6-14-18(22(28)29)21(27-20(14)15)19(24)11-2-1-3-11/h5,7-11,19,27H,1-4,6,24H2,(H,28,29). The largest absolute Gasteiger partial charge is 0.478 e. The van der Waals surface area contributed by atoms with Crippen LogP contribution in [0.3, 0.4) is 0 Å². The molecule has 29 heavy (non-hydrogen) atoms. The quantitative estimate of drug-likeness (QED) is 0.585. The van der Waals surface area contributed by atoms with Gasteiger partial charge < -0.3 is 15.8 Å². The summed E-state index contributed by atoms with van der Waals surface area (Å²) in [5, 5.41) is 9.91. The van der Waals surface area contributed by atoms with Crippen LogP contribution in [0, 0.1) is 11.9 Å². The molecule has 1 atom stereocenters. The van der Waals surface area contributed by atoms with E-state index >= 15 is 0 Å². The predicted molar refractivity (Wildman–Crippen MR) is 106 cm³/mol. The van der Waals surface area contributed by atoms with Crippen LogP contribution in [0.1, 0.15) is 52.5 Å². The highest BCUT2D eigenvalue weighted by Gasteiger charge is 2.34. The number of aromatic nitrogens is 3. The zero-order chi connectivity index (χ0) is 20.1. The maximum absolute atomic E-state index is 13.2. The lowest BCUT2D eigenvalue weighted by Crippen LogP contribution is -2.28. The Hall–Kier alpha value is -3.06. The number of hydrogen-bond acceptors (Lipinski definition) is 4. The number of aromatic amines is 1. The van der Waals surface area contributed by atoms with Gasteiger partial charge in [0.15, 0.2) is 0 Å². The van der Waals surface area contributed by atoms with Gasteiger partial charge >= 0.3 is 5.97 Å². The fourth-order valence-electron chi connectivity index (χ4n) is 4.43. The molecule has 5 rings (SSSR count). The number of fused-ring (bicyclic) bond motifs is 3. The Bertz CT molecular complexity index is 1100. The average molecular weight is 392 g/mol. The molecular formula is C22H21FN4O2. The third-order valence-corrected chi connectivity index (χ3v) is 6.26. The van der Waals surface area contributed by atoms with Gasteiger partial charge in [0.25, 0.3) is 0 Å². The summed E-state index contributed by atoms with van der Waals surface area (Å²) < 4.78 is 13.2. The molecule has 0 aliphatic heterocycles. The second kappa shape index (κ2) is 6.77. The van der Waals surface area contributed by atoms with E-state index in [-0.39, 0.29) is 6.04 Å². The van der Waals surface area contributed by atoms with Crippen molar-refractivity contribution in [3.63, 3.8) is 0 Å². The van der Waals surface area contributed by atoms with Gasteiger partial charge in [-0.2, -0.15) is 4.39 Å². The van der Waals surface area contributed by atoms with Gasteiger partial charge in [0.1, 0.15) is 0 Å². The van der Waals surface area contributed by atoms with Crippen LogP contribution in [0.4, 0.5) is 4.39 Å². The Morgan fingerprint density at radius 2 is 2.07 bits per heavy atom. The first kappa shape index (κ1) is 18.0. The monoisotopic (exact) mass is 392 g/mol. The van der Waals surface area contributed by atoms with Crippen LogP contribution in [-0.4, -0.2) is 26.0 Å². The number of H-pyrrole nitrogens is 1. The first-order chi connectivity index (χ1) is 14.0. The molecule has 1 saturated carbocycles. The molecule has 0 bridgehead atoms. The normalized spacial score (nSPS) is 16.6. The van der Waals surface area contributed by atoms with Gasteiger partial charge in [-0.25, -0.2) is 9.78 Å². The Morgan fingerprint density at radius 1 is 1.24 bits per heavy atom. The minimum atomic E-state index is -0.937. The van der Waals surface area contributed by atoms with Crippen LogP contribution >= 0.6 is 0 Å². The highest BCUT2D eigenvalue weighted by atomic mass is 19.1. The van der Waals surface area contributed by atoms with Crippen LogP contribution < -0.4 is 5.73 Å². The molecule has 148 valence electrons. The fraction of sp³-hybridized carbons (Fsp3) is 0.318. The maximum Gasteiger partial charge on any atom is 0.337 e. The number of aryl methyl sites for hydroxylation is 1. The van der Waals surface area contributed by atoms with Crippen LogP contribution in [0.5, 0.6) is 0 Å². The molecule has 7 heteroatoms. The summed E-state index contributed by atoms with van der Waals surface area (Å²) in [4.78, 5) is 23.7. The van der Waals surface area contributed by atoms with Crippen molar-refractivity contribution in [2.24, 2.45) is 11.7 Å². The Morgan fingerprint density at radius 3 is 2.72 bits per heavy atom. The molecule has 6 nitrogen and oxygen atoms in total. The second-order valence-corrected chi connectivity index (χ2v) is 7.89. The Kier molecular flexibility index (Phi) is 4.20. The van der Waals surface area contributed by atoms with Crippen LogP contribution in [0.2, 0.25) is 0 Å². The summed E-state index contributed by atoms with van der Waals surface area (Å²) in [6.07, 6.45) is 7.82. The number of aromatic carboxylic acids is 1. The number of nitrogens with one attached hydrogen (secondary N) is 1. The van der Waals surface area contributed by atoms with Crippen molar-refractivity contribution in [2.75, 3.05) is 0 Å². The van der Waals surface area contributed by atoms with Crippen molar-refractivity contribution < 1.29 is 14.3 Å². The molecular weight excluding hydrogens is 371 g/mol. The molecule has 0 spiro atoms. The molecule has 2 aliphatic carbocycles. The van der Waals surface area contributed by atoms with E-state index in [0.29, 0.717) is 41.3 Å². The van der Waals surface area contributed by atoms with E-state index in [4.69, 9.17) is 5.73 Å². The van der Waals surface area contributed by atoms with Gasteiger partial charge in [0, 0.05) is 35.3 Å². The van der Waals surface area contributed by atoms with E-state index in [0.717, 1.165) is 41.6 Å². The number of carbonyl (C=O) groups is 1. The van der Waals surface area contributed by atoms with Gasteiger partial charge in [-0.15, -0.1) is 0 Å². The maximum atomic E-state index is 13.2. The number of carboxylic acids is 1. The highest BCUT2D eigenvalue weighted by Crippen LogP contribution is 2.42. The first-order valence-electron chi connectivity index (χ1n) is 9.87. The molecule has 0 saturated heterocycles. The van der Waals surface area contributed by atoms with E-state index in [1.165, 1.54) is 12.3 Å². The molecule has 1 unspecified atom stereocenters. The summed E-state index contributed by atoms with van der Waals surface area (Å²) in [6, 6.07) is 4.56. The topological polar surface area (TPSA) is 105 Å².